The van der Waals surface area contributed by atoms with Gasteiger partial charge in [0.1, 0.15) is 0 Å². The fraction of sp³-hybridized carbons (Fsp3) is 0.0526. The van der Waals surface area contributed by atoms with E-state index in [2.05, 4.69) is 0 Å². The zero-order valence-electron chi connectivity index (χ0n) is 12.6. The highest BCUT2D eigenvalue weighted by Crippen LogP contribution is 2.20. The summed E-state index contributed by atoms with van der Waals surface area (Å²) in [4.78, 5) is 23.7. The molecule has 4 nitrogen and oxygen atoms in total. The molecule has 0 fully saturated rings. The third kappa shape index (κ3) is 4.41. The molecule has 0 aliphatic rings. The summed E-state index contributed by atoms with van der Waals surface area (Å²) in [6, 6.07) is 18.0. The lowest BCUT2D eigenvalue weighted by Gasteiger charge is -2.07. The maximum Gasteiger partial charge on any atom is 0.338 e. The Bertz CT molecular complexity index is 743. The van der Waals surface area contributed by atoms with Crippen LogP contribution in [0.3, 0.4) is 0 Å². The van der Waals surface area contributed by atoms with Crippen LogP contribution in [-0.2, 0) is 14.3 Å². The van der Waals surface area contributed by atoms with Crippen LogP contribution >= 0.6 is 0 Å². The lowest BCUT2D eigenvalue weighted by molar-refractivity contribution is -0.138. The van der Waals surface area contributed by atoms with Gasteiger partial charge in [0.2, 0.25) is 0 Å². The first kappa shape index (κ1) is 16.2. The van der Waals surface area contributed by atoms with E-state index in [-0.39, 0.29) is 11.1 Å². The van der Waals surface area contributed by atoms with Crippen LogP contribution in [0, 0.1) is 0 Å². The van der Waals surface area contributed by atoms with Crippen molar-refractivity contribution in [3.8, 4) is 0 Å². The van der Waals surface area contributed by atoms with Gasteiger partial charge < -0.3 is 9.84 Å². The Labute approximate surface area is 134 Å². The number of methoxy groups -OCH3 is 1. The molecule has 0 spiro atoms. The maximum absolute atomic E-state index is 12.1. The smallest absolute Gasteiger partial charge is 0.338 e. The molecule has 0 amide bonds. The Balaban J connectivity index is 2.55. The minimum absolute atomic E-state index is 0.00458. The molecule has 1 N–H and O–H groups in total. The number of hydrogen-bond donors (Lipinski definition) is 1. The van der Waals surface area contributed by atoms with Crippen LogP contribution < -0.4 is 0 Å². The monoisotopic (exact) mass is 308 g/mol. The van der Waals surface area contributed by atoms with Gasteiger partial charge >= 0.3 is 11.9 Å². The van der Waals surface area contributed by atoms with Crippen molar-refractivity contribution in [1.29, 1.82) is 0 Å². The second-order valence-electron chi connectivity index (χ2n) is 4.73. The summed E-state index contributed by atoms with van der Waals surface area (Å²) >= 11 is 0. The van der Waals surface area contributed by atoms with Gasteiger partial charge in [-0.3, -0.25) is 0 Å². The summed E-state index contributed by atoms with van der Waals surface area (Å²) in [5.41, 5.74) is 1.28. The molecule has 0 bridgehead atoms. The molecule has 116 valence electrons. The molecule has 0 unspecified atom stereocenters. The van der Waals surface area contributed by atoms with Crippen molar-refractivity contribution < 1.29 is 19.4 Å². The molecule has 0 heterocycles. The van der Waals surface area contributed by atoms with Crippen molar-refractivity contribution in [2.45, 2.75) is 0 Å². The molecular formula is C19H16O4. The highest BCUT2D eigenvalue weighted by atomic mass is 16.5. The summed E-state index contributed by atoms with van der Waals surface area (Å²) in [5.74, 6) is -1.89. The van der Waals surface area contributed by atoms with Gasteiger partial charge in [0.25, 0.3) is 0 Å². The molecule has 4 heteroatoms. The van der Waals surface area contributed by atoms with Crippen LogP contribution in [0.1, 0.15) is 11.1 Å². The number of benzene rings is 2. The molecule has 0 radical (unpaired) electrons. The van der Waals surface area contributed by atoms with Crippen LogP contribution in [-0.4, -0.2) is 24.2 Å². The molecule has 0 saturated carbocycles. The lowest BCUT2D eigenvalue weighted by atomic mass is 10.0. The average Bonchev–Trinajstić information content (AvgIpc) is 2.59. The summed E-state index contributed by atoms with van der Waals surface area (Å²) in [7, 11) is 1.23. The van der Waals surface area contributed by atoms with Crippen LogP contribution in [0.5, 0.6) is 0 Å². The number of carboxylic acids is 1. The Kier molecular flexibility index (Phi) is 5.47. The van der Waals surface area contributed by atoms with Crippen molar-refractivity contribution in [3.05, 3.63) is 82.9 Å². The van der Waals surface area contributed by atoms with Crippen molar-refractivity contribution in [3.63, 3.8) is 0 Å². The number of rotatable bonds is 5. The maximum atomic E-state index is 12.1. The van der Waals surface area contributed by atoms with E-state index in [1.54, 1.807) is 36.4 Å². The summed E-state index contributed by atoms with van der Waals surface area (Å²) < 4.78 is 4.74. The Morgan fingerprint density at radius 1 is 0.826 bits per heavy atom. The molecule has 0 saturated heterocycles. The summed E-state index contributed by atoms with van der Waals surface area (Å²) in [5, 5.41) is 9.51. The largest absolute Gasteiger partial charge is 0.478 e. The number of carbonyl (C=O) groups is 2. The van der Waals surface area contributed by atoms with Crippen molar-refractivity contribution >= 4 is 24.1 Å². The van der Waals surface area contributed by atoms with Crippen molar-refractivity contribution in [1.82, 2.24) is 0 Å². The van der Waals surface area contributed by atoms with Crippen molar-refractivity contribution in [2.75, 3.05) is 7.11 Å². The van der Waals surface area contributed by atoms with Gasteiger partial charge in [0.15, 0.2) is 0 Å². The van der Waals surface area contributed by atoms with E-state index in [0.717, 1.165) is 0 Å². The number of aliphatic carboxylic acids is 1. The summed E-state index contributed by atoms with van der Waals surface area (Å²) in [6.07, 6.45) is 2.96. The predicted octanol–water partition coefficient (Wildman–Crippen LogP) is 3.41. The fourth-order valence-corrected chi connectivity index (χ4v) is 2.04. The number of carboxylic acid groups (broad SMARTS) is 1. The SMILES string of the molecule is COC(=O)C(=Cc1ccccc1)/C(=C/c1ccccc1)C(=O)O. The Hall–Kier alpha value is -3.14. The van der Waals surface area contributed by atoms with E-state index in [9.17, 15) is 14.7 Å². The lowest BCUT2D eigenvalue weighted by Crippen LogP contribution is -2.13. The fourth-order valence-electron chi connectivity index (χ4n) is 2.04. The molecule has 23 heavy (non-hydrogen) atoms. The zero-order chi connectivity index (χ0) is 16.7. The van der Waals surface area contributed by atoms with Crippen LogP contribution in [0.2, 0.25) is 0 Å². The minimum atomic E-state index is -1.19. The van der Waals surface area contributed by atoms with Gasteiger partial charge in [-0.05, 0) is 23.3 Å². The van der Waals surface area contributed by atoms with Gasteiger partial charge in [-0.1, -0.05) is 60.7 Å². The van der Waals surface area contributed by atoms with Gasteiger partial charge in [-0.25, -0.2) is 9.59 Å². The molecule has 0 aliphatic heterocycles. The molecule has 2 aromatic rings. The Morgan fingerprint density at radius 2 is 1.26 bits per heavy atom. The normalized spacial score (nSPS) is 11.9. The third-order valence-electron chi connectivity index (χ3n) is 3.15. The first-order valence-corrected chi connectivity index (χ1v) is 6.97. The van der Waals surface area contributed by atoms with E-state index in [4.69, 9.17) is 4.74 Å². The number of carbonyl (C=O) groups excluding carboxylic acids is 1. The molecule has 2 rings (SSSR count). The number of ether oxygens (including phenoxy) is 1. The molecule has 2 aromatic carbocycles. The second-order valence-corrected chi connectivity index (χ2v) is 4.73. The van der Waals surface area contributed by atoms with E-state index in [0.29, 0.717) is 11.1 Å². The molecule has 0 aromatic heterocycles. The Morgan fingerprint density at radius 3 is 1.65 bits per heavy atom. The van der Waals surface area contributed by atoms with Crippen molar-refractivity contribution in [2.24, 2.45) is 0 Å². The predicted molar refractivity (Wildman–Crippen MR) is 88.5 cm³/mol. The number of hydrogen-bond acceptors (Lipinski definition) is 3. The van der Waals surface area contributed by atoms with E-state index in [1.165, 1.54) is 19.3 Å². The van der Waals surface area contributed by atoms with Crippen LogP contribution in [0.4, 0.5) is 0 Å². The molecule has 0 atom stereocenters. The van der Waals surface area contributed by atoms with Gasteiger partial charge in [-0.15, -0.1) is 0 Å². The second kappa shape index (κ2) is 7.75. The summed E-state index contributed by atoms with van der Waals surface area (Å²) in [6.45, 7) is 0. The van der Waals surface area contributed by atoms with Gasteiger partial charge in [0.05, 0.1) is 18.3 Å². The van der Waals surface area contributed by atoms with E-state index < -0.39 is 11.9 Å². The first-order chi connectivity index (χ1) is 11.1. The standard InChI is InChI=1S/C19H16O4/c1-23-19(22)17(13-15-10-6-3-7-11-15)16(18(20)21)12-14-8-4-2-5-9-14/h2-13H,1H3,(H,20,21)/b16-12-,17-13?. The first-order valence-electron chi connectivity index (χ1n) is 6.97. The van der Waals surface area contributed by atoms with E-state index in [1.807, 2.05) is 24.3 Å². The quantitative estimate of drug-likeness (QED) is 0.522. The number of esters is 1. The molecular weight excluding hydrogens is 292 g/mol. The van der Waals surface area contributed by atoms with Gasteiger partial charge in [0, 0.05) is 0 Å². The highest BCUT2D eigenvalue weighted by Gasteiger charge is 2.21. The van der Waals surface area contributed by atoms with Gasteiger partial charge in [-0.2, -0.15) is 0 Å². The topological polar surface area (TPSA) is 63.6 Å². The highest BCUT2D eigenvalue weighted by molar-refractivity contribution is 6.12. The van der Waals surface area contributed by atoms with Crippen LogP contribution in [0.15, 0.2) is 71.8 Å². The minimum Gasteiger partial charge on any atom is -0.478 e. The molecule has 0 aliphatic carbocycles. The average molecular weight is 308 g/mol. The third-order valence-corrected chi connectivity index (χ3v) is 3.15. The van der Waals surface area contributed by atoms with Crippen LogP contribution in [0.25, 0.3) is 12.2 Å². The van der Waals surface area contributed by atoms with E-state index >= 15 is 0 Å². The zero-order valence-corrected chi connectivity index (χ0v) is 12.6.